The number of fused-ring (bicyclic) bond motifs is 1. The molecule has 3 aliphatic rings. The molecule has 1 aromatic rings. The summed E-state index contributed by atoms with van der Waals surface area (Å²) in [5.41, 5.74) is 0. The predicted octanol–water partition coefficient (Wildman–Crippen LogP) is 1.30. The van der Waals surface area contributed by atoms with E-state index in [4.69, 9.17) is 9.47 Å². The number of nitrogens with one attached hydrogen (secondary N) is 1. The summed E-state index contributed by atoms with van der Waals surface area (Å²) in [6, 6.07) is 0. The Kier molecular flexibility index (Phi) is 3.69. The van der Waals surface area contributed by atoms with Crippen molar-refractivity contribution in [3.05, 3.63) is 11.6 Å². The van der Waals surface area contributed by atoms with E-state index >= 15 is 0 Å². The molecule has 0 radical (unpaired) electrons. The van der Waals surface area contributed by atoms with E-state index in [1.807, 2.05) is 6.92 Å². The molecule has 6 nitrogen and oxygen atoms in total. The van der Waals surface area contributed by atoms with E-state index in [0.29, 0.717) is 12.0 Å². The smallest absolute Gasteiger partial charge is 0.179 e. The first-order valence-corrected chi connectivity index (χ1v) is 8.12. The molecule has 1 N–H and O–H groups in total. The number of nitrogens with zero attached hydrogens (tertiary/aromatic N) is 3. The standard InChI is InChI=1S/C15H24N4O2/c1-10-16-15(18-17-10)13-6-12-8-19(9-14(12)21-13)7-11-2-4-20-5-3-11/h11-14H,2-9H2,1H3,(H,16,17,18)/t12-,13-,14+/m0/s1. The number of aromatic amines is 1. The van der Waals surface area contributed by atoms with Crippen molar-refractivity contribution < 1.29 is 9.47 Å². The van der Waals surface area contributed by atoms with E-state index in [1.165, 1.54) is 25.9 Å². The number of hydrogen-bond donors (Lipinski definition) is 1. The Labute approximate surface area is 125 Å². The van der Waals surface area contributed by atoms with Gasteiger partial charge in [0.2, 0.25) is 0 Å². The number of hydrogen-bond acceptors (Lipinski definition) is 5. The fourth-order valence-corrected chi connectivity index (χ4v) is 3.96. The lowest BCUT2D eigenvalue weighted by Gasteiger charge is -2.27. The van der Waals surface area contributed by atoms with Crippen molar-refractivity contribution >= 4 is 0 Å². The third-order valence-electron chi connectivity index (χ3n) is 5.07. The molecule has 1 aromatic heterocycles. The zero-order valence-electron chi connectivity index (χ0n) is 12.6. The highest BCUT2D eigenvalue weighted by Gasteiger charge is 2.43. The highest BCUT2D eigenvalue weighted by Crippen LogP contribution is 2.40. The number of aryl methyl sites for hydroxylation is 1. The Bertz CT molecular complexity index is 472. The van der Waals surface area contributed by atoms with E-state index in [0.717, 1.165) is 43.7 Å². The molecule has 116 valence electrons. The lowest BCUT2D eigenvalue weighted by Crippen LogP contribution is -2.32. The molecule has 0 unspecified atom stereocenters. The summed E-state index contributed by atoms with van der Waals surface area (Å²) in [5, 5.41) is 7.16. The molecule has 3 aliphatic heterocycles. The van der Waals surface area contributed by atoms with Gasteiger partial charge in [-0.3, -0.25) is 5.10 Å². The van der Waals surface area contributed by atoms with E-state index in [-0.39, 0.29) is 6.10 Å². The van der Waals surface area contributed by atoms with Gasteiger partial charge in [0.15, 0.2) is 5.82 Å². The monoisotopic (exact) mass is 292 g/mol. The van der Waals surface area contributed by atoms with Gasteiger partial charge in [-0.05, 0) is 32.1 Å². The minimum Gasteiger partial charge on any atom is -0.381 e. The normalized spacial score (nSPS) is 34.4. The van der Waals surface area contributed by atoms with Gasteiger partial charge in [0.1, 0.15) is 11.9 Å². The Morgan fingerprint density at radius 3 is 2.86 bits per heavy atom. The van der Waals surface area contributed by atoms with Crippen LogP contribution in [0.2, 0.25) is 0 Å². The van der Waals surface area contributed by atoms with Crippen molar-refractivity contribution in [1.29, 1.82) is 0 Å². The lowest BCUT2D eigenvalue weighted by molar-refractivity contribution is 0.0253. The largest absolute Gasteiger partial charge is 0.381 e. The molecule has 3 saturated heterocycles. The second kappa shape index (κ2) is 5.66. The van der Waals surface area contributed by atoms with Crippen LogP contribution in [0.3, 0.4) is 0 Å². The summed E-state index contributed by atoms with van der Waals surface area (Å²) in [5.74, 6) is 3.15. The molecule has 3 fully saturated rings. The molecular weight excluding hydrogens is 268 g/mol. The molecule has 0 saturated carbocycles. The van der Waals surface area contributed by atoms with Crippen LogP contribution in [0.15, 0.2) is 0 Å². The van der Waals surface area contributed by atoms with Gasteiger partial charge < -0.3 is 14.4 Å². The molecule has 21 heavy (non-hydrogen) atoms. The van der Waals surface area contributed by atoms with Crippen LogP contribution >= 0.6 is 0 Å². The fraction of sp³-hybridized carbons (Fsp3) is 0.867. The molecule has 4 heterocycles. The number of ether oxygens (including phenoxy) is 2. The maximum Gasteiger partial charge on any atom is 0.179 e. The summed E-state index contributed by atoms with van der Waals surface area (Å²) < 4.78 is 11.6. The molecular formula is C15H24N4O2. The average molecular weight is 292 g/mol. The Balaban J connectivity index is 1.31. The van der Waals surface area contributed by atoms with E-state index in [2.05, 4.69) is 20.1 Å². The van der Waals surface area contributed by atoms with Gasteiger partial charge >= 0.3 is 0 Å². The van der Waals surface area contributed by atoms with Gasteiger partial charge in [0.05, 0.1) is 6.10 Å². The molecule has 0 amide bonds. The van der Waals surface area contributed by atoms with Gasteiger partial charge in [0.25, 0.3) is 0 Å². The van der Waals surface area contributed by atoms with Crippen LogP contribution in [0, 0.1) is 18.8 Å². The van der Waals surface area contributed by atoms with Crippen molar-refractivity contribution in [2.45, 2.75) is 38.4 Å². The zero-order valence-corrected chi connectivity index (χ0v) is 12.6. The van der Waals surface area contributed by atoms with Crippen LogP contribution in [0.25, 0.3) is 0 Å². The molecule has 0 aromatic carbocycles. The topological polar surface area (TPSA) is 63.3 Å². The van der Waals surface area contributed by atoms with Crippen molar-refractivity contribution in [1.82, 2.24) is 20.1 Å². The van der Waals surface area contributed by atoms with Crippen molar-refractivity contribution in [2.24, 2.45) is 11.8 Å². The molecule has 4 rings (SSSR count). The van der Waals surface area contributed by atoms with Crippen LogP contribution in [-0.4, -0.2) is 59.0 Å². The average Bonchev–Trinajstić information content (AvgIpc) is 3.14. The Hall–Kier alpha value is -0.980. The maximum atomic E-state index is 6.19. The first-order chi connectivity index (χ1) is 10.3. The minimum atomic E-state index is 0.0928. The van der Waals surface area contributed by atoms with Gasteiger partial charge in [-0.25, -0.2) is 4.98 Å². The molecule has 3 atom stereocenters. The van der Waals surface area contributed by atoms with Crippen LogP contribution in [0.5, 0.6) is 0 Å². The fourth-order valence-electron chi connectivity index (χ4n) is 3.96. The van der Waals surface area contributed by atoms with Crippen LogP contribution in [-0.2, 0) is 9.47 Å². The molecule has 0 bridgehead atoms. The van der Waals surface area contributed by atoms with Gasteiger partial charge in [-0.15, -0.1) is 0 Å². The Morgan fingerprint density at radius 1 is 1.29 bits per heavy atom. The number of H-pyrrole nitrogens is 1. The van der Waals surface area contributed by atoms with Crippen molar-refractivity contribution in [2.75, 3.05) is 32.8 Å². The lowest BCUT2D eigenvalue weighted by atomic mass is 9.99. The predicted molar refractivity (Wildman–Crippen MR) is 76.8 cm³/mol. The maximum absolute atomic E-state index is 6.19. The van der Waals surface area contributed by atoms with E-state index in [9.17, 15) is 0 Å². The third-order valence-corrected chi connectivity index (χ3v) is 5.07. The van der Waals surface area contributed by atoms with Crippen molar-refractivity contribution in [3.63, 3.8) is 0 Å². The number of likely N-dealkylation sites (tertiary alicyclic amines) is 1. The van der Waals surface area contributed by atoms with E-state index in [1.54, 1.807) is 0 Å². The van der Waals surface area contributed by atoms with Crippen LogP contribution < -0.4 is 0 Å². The second-order valence-electron chi connectivity index (χ2n) is 6.71. The SMILES string of the molecule is Cc1nc([C@@H]2C[C@H]3CN(CC4CCOCC4)C[C@H]3O2)n[nH]1. The summed E-state index contributed by atoms with van der Waals surface area (Å²) in [4.78, 5) is 7.00. The van der Waals surface area contributed by atoms with Crippen molar-refractivity contribution in [3.8, 4) is 0 Å². The molecule has 0 spiro atoms. The number of rotatable bonds is 3. The summed E-state index contributed by atoms with van der Waals surface area (Å²) in [7, 11) is 0. The van der Waals surface area contributed by atoms with Crippen LogP contribution in [0.1, 0.15) is 37.0 Å². The molecule has 0 aliphatic carbocycles. The highest BCUT2D eigenvalue weighted by atomic mass is 16.5. The zero-order chi connectivity index (χ0) is 14.2. The summed E-state index contributed by atoms with van der Waals surface area (Å²) in [6.45, 7) is 7.26. The third kappa shape index (κ3) is 2.84. The van der Waals surface area contributed by atoms with Gasteiger partial charge in [0, 0.05) is 38.8 Å². The Morgan fingerprint density at radius 2 is 2.14 bits per heavy atom. The molecule has 6 heteroatoms. The first-order valence-electron chi connectivity index (χ1n) is 8.12. The van der Waals surface area contributed by atoms with Gasteiger partial charge in [-0.1, -0.05) is 0 Å². The number of aromatic nitrogens is 3. The minimum absolute atomic E-state index is 0.0928. The highest BCUT2D eigenvalue weighted by molar-refractivity contribution is 5.01. The van der Waals surface area contributed by atoms with Gasteiger partial charge in [-0.2, -0.15) is 5.10 Å². The van der Waals surface area contributed by atoms with E-state index < -0.39 is 0 Å². The first kappa shape index (κ1) is 13.7. The summed E-state index contributed by atoms with van der Waals surface area (Å²) in [6.07, 6.45) is 3.95. The second-order valence-corrected chi connectivity index (χ2v) is 6.71. The van der Waals surface area contributed by atoms with Crippen LogP contribution in [0.4, 0.5) is 0 Å². The quantitative estimate of drug-likeness (QED) is 0.910. The summed E-state index contributed by atoms with van der Waals surface area (Å²) >= 11 is 0.